The van der Waals surface area contributed by atoms with Gasteiger partial charge in [-0.1, -0.05) is 105 Å². The molecule has 1 unspecified atom stereocenters. The van der Waals surface area contributed by atoms with Crippen LogP contribution in [0.4, 0.5) is 11.4 Å². The molecule has 1 atom stereocenters. The van der Waals surface area contributed by atoms with E-state index < -0.39 is 0 Å². The summed E-state index contributed by atoms with van der Waals surface area (Å²) in [4.78, 5) is 4.57. The molecule has 0 saturated heterocycles. The van der Waals surface area contributed by atoms with Gasteiger partial charge < -0.3 is 9.80 Å². The summed E-state index contributed by atoms with van der Waals surface area (Å²) in [5, 5.41) is 0. The van der Waals surface area contributed by atoms with E-state index in [1.807, 2.05) is 43.4 Å². The zero-order valence-corrected chi connectivity index (χ0v) is 21.5. The maximum absolute atomic E-state index is 4.09. The Morgan fingerprint density at radius 1 is 0.757 bits per heavy atom. The lowest BCUT2D eigenvalue weighted by Crippen LogP contribution is -2.34. The van der Waals surface area contributed by atoms with Crippen LogP contribution in [0, 0.1) is 0 Å². The Morgan fingerprint density at radius 3 is 1.92 bits per heavy atom. The number of anilines is 2. The smallest absolute Gasteiger partial charge is 0.0561 e. The average molecular weight is 483 g/mol. The van der Waals surface area contributed by atoms with Crippen LogP contribution >= 0.6 is 0 Å². The Bertz CT molecular complexity index is 1340. The van der Waals surface area contributed by atoms with Crippen LogP contribution in [0.1, 0.15) is 13.3 Å². The molecule has 37 heavy (non-hydrogen) atoms. The highest BCUT2D eigenvalue weighted by molar-refractivity contribution is 5.69. The Labute approximate surface area is 221 Å². The summed E-state index contributed by atoms with van der Waals surface area (Å²) in [6.45, 7) is 14.1. The molecular weight excluding hydrogens is 448 g/mol. The van der Waals surface area contributed by atoms with E-state index in [2.05, 4.69) is 127 Å². The van der Waals surface area contributed by atoms with E-state index in [0.29, 0.717) is 0 Å². The molecule has 0 fully saturated rings. The van der Waals surface area contributed by atoms with E-state index in [0.717, 1.165) is 34.9 Å². The van der Waals surface area contributed by atoms with Gasteiger partial charge in [-0.05, 0) is 73.0 Å². The van der Waals surface area contributed by atoms with Crippen molar-refractivity contribution in [2.75, 3.05) is 9.80 Å². The number of allylic oxidation sites excluding steroid dienone is 6. The first-order valence-electron chi connectivity index (χ1n) is 12.6. The molecule has 0 aromatic heterocycles. The summed E-state index contributed by atoms with van der Waals surface area (Å²) in [6.07, 6.45) is 17.3. The third-order valence-electron chi connectivity index (χ3n) is 6.45. The Hall–Kier alpha value is -4.56. The topological polar surface area (TPSA) is 6.48 Å². The zero-order chi connectivity index (χ0) is 26.0. The summed E-state index contributed by atoms with van der Waals surface area (Å²) >= 11 is 0. The Balaban J connectivity index is 1.66. The van der Waals surface area contributed by atoms with Gasteiger partial charge in [0.1, 0.15) is 0 Å². The maximum Gasteiger partial charge on any atom is 0.0561 e. The minimum absolute atomic E-state index is 0.130. The fourth-order valence-corrected chi connectivity index (χ4v) is 4.66. The highest BCUT2D eigenvalue weighted by Crippen LogP contribution is 2.33. The van der Waals surface area contributed by atoms with Crippen molar-refractivity contribution in [3.8, 4) is 11.1 Å². The van der Waals surface area contributed by atoms with E-state index in [4.69, 9.17) is 0 Å². The second-order valence-electron chi connectivity index (χ2n) is 8.69. The molecule has 184 valence electrons. The second kappa shape index (κ2) is 12.4. The van der Waals surface area contributed by atoms with Gasteiger partial charge in [-0.2, -0.15) is 0 Å². The lowest BCUT2D eigenvalue weighted by atomic mass is 10.0. The van der Waals surface area contributed by atoms with Crippen LogP contribution in [0.25, 0.3) is 11.1 Å². The molecule has 0 heterocycles. The van der Waals surface area contributed by atoms with Crippen molar-refractivity contribution in [2.24, 2.45) is 0 Å². The van der Waals surface area contributed by atoms with E-state index in [1.165, 1.54) is 11.1 Å². The molecule has 3 aromatic carbocycles. The summed E-state index contributed by atoms with van der Waals surface area (Å²) < 4.78 is 0. The second-order valence-corrected chi connectivity index (χ2v) is 8.69. The van der Waals surface area contributed by atoms with Crippen LogP contribution in [-0.2, 0) is 0 Å². The van der Waals surface area contributed by atoms with E-state index in [1.54, 1.807) is 0 Å². The fourth-order valence-electron chi connectivity index (χ4n) is 4.66. The van der Waals surface area contributed by atoms with Crippen LogP contribution in [0.15, 0.2) is 170 Å². The predicted molar refractivity (Wildman–Crippen MR) is 161 cm³/mol. The van der Waals surface area contributed by atoms with E-state index >= 15 is 0 Å². The number of rotatable bonds is 10. The molecule has 0 saturated carbocycles. The lowest BCUT2D eigenvalue weighted by molar-refractivity contribution is 0.754. The van der Waals surface area contributed by atoms with Crippen molar-refractivity contribution in [1.82, 2.24) is 0 Å². The minimum atomic E-state index is 0.130. The first-order chi connectivity index (χ1) is 18.2. The van der Waals surface area contributed by atoms with Gasteiger partial charge in [-0.25, -0.2) is 0 Å². The molecule has 0 N–H and O–H groups in total. The highest BCUT2D eigenvalue weighted by atomic mass is 15.2. The number of para-hydroxylation sites is 1. The molecule has 3 aromatic rings. The summed E-state index contributed by atoms with van der Waals surface area (Å²) in [5.74, 6) is 0. The van der Waals surface area contributed by atoms with Crippen molar-refractivity contribution in [2.45, 2.75) is 19.4 Å². The van der Waals surface area contributed by atoms with Crippen LogP contribution in [0.3, 0.4) is 0 Å². The normalized spacial score (nSPS) is 15.5. The standard InChI is InChI=1S/C35H34N2/c1-5-15-31(8-4)37(33-22-20-29(21-23-33)28-16-11-9-12-17-28)35-26-24-34(25-27-35)36(30(6-2)7-3)32-18-13-10-14-19-32/h5-26,35H,1-2,4,27H2,3H3/b30-7+,31-15+. The molecule has 1 aliphatic rings. The van der Waals surface area contributed by atoms with Crippen molar-refractivity contribution in [3.05, 3.63) is 170 Å². The van der Waals surface area contributed by atoms with Crippen molar-refractivity contribution in [1.29, 1.82) is 0 Å². The number of nitrogens with zero attached hydrogens (tertiary/aromatic N) is 2. The monoisotopic (exact) mass is 482 g/mol. The van der Waals surface area contributed by atoms with Crippen molar-refractivity contribution in [3.63, 3.8) is 0 Å². The first-order valence-corrected chi connectivity index (χ1v) is 12.6. The van der Waals surface area contributed by atoms with Gasteiger partial charge in [-0.3, -0.25) is 0 Å². The van der Waals surface area contributed by atoms with Crippen LogP contribution < -0.4 is 9.80 Å². The van der Waals surface area contributed by atoms with Gasteiger partial charge in [0, 0.05) is 28.5 Å². The van der Waals surface area contributed by atoms with Gasteiger partial charge in [0.15, 0.2) is 0 Å². The summed E-state index contributed by atoms with van der Waals surface area (Å²) in [6, 6.07) is 29.7. The average Bonchev–Trinajstić information content (AvgIpc) is 2.97. The van der Waals surface area contributed by atoms with Crippen LogP contribution in [-0.4, -0.2) is 6.04 Å². The van der Waals surface area contributed by atoms with Crippen LogP contribution in [0.5, 0.6) is 0 Å². The third-order valence-corrected chi connectivity index (χ3v) is 6.45. The molecular formula is C35H34N2. The Morgan fingerprint density at radius 2 is 1.38 bits per heavy atom. The van der Waals surface area contributed by atoms with Gasteiger partial charge in [0.25, 0.3) is 0 Å². The number of benzene rings is 3. The summed E-state index contributed by atoms with van der Waals surface area (Å²) in [5.41, 5.74) is 7.81. The Kier molecular flexibility index (Phi) is 8.57. The molecule has 0 amide bonds. The zero-order valence-electron chi connectivity index (χ0n) is 21.5. The first kappa shape index (κ1) is 25.5. The van der Waals surface area contributed by atoms with Gasteiger partial charge >= 0.3 is 0 Å². The molecule has 0 aliphatic heterocycles. The number of hydrogen-bond acceptors (Lipinski definition) is 2. The van der Waals surface area contributed by atoms with Crippen LogP contribution in [0.2, 0.25) is 0 Å². The molecule has 0 bridgehead atoms. The number of hydrogen-bond donors (Lipinski definition) is 0. The molecule has 0 spiro atoms. The molecule has 4 rings (SSSR count). The van der Waals surface area contributed by atoms with Gasteiger partial charge in [-0.15, -0.1) is 0 Å². The van der Waals surface area contributed by atoms with E-state index in [-0.39, 0.29) is 6.04 Å². The molecule has 0 radical (unpaired) electrons. The minimum Gasteiger partial charge on any atom is -0.334 e. The molecule has 2 heteroatoms. The maximum atomic E-state index is 4.09. The molecule has 2 nitrogen and oxygen atoms in total. The lowest BCUT2D eigenvalue weighted by Gasteiger charge is -2.36. The van der Waals surface area contributed by atoms with Crippen molar-refractivity contribution >= 4 is 11.4 Å². The van der Waals surface area contributed by atoms with E-state index in [9.17, 15) is 0 Å². The quantitative estimate of drug-likeness (QED) is 0.266. The fraction of sp³-hybridized carbons (Fsp3) is 0.0857. The third kappa shape index (κ3) is 5.82. The predicted octanol–water partition coefficient (Wildman–Crippen LogP) is 9.22. The SMILES string of the molecule is C=C/C=C(\C=C)N(c1ccc(-c2ccccc2)cc1)C1C=CC(N(/C(C=C)=C/C)c2ccccc2)=CC1. The van der Waals surface area contributed by atoms with Gasteiger partial charge in [0.05, 0.1) is 6.04 Å². The van der Waals surface area contributed by atoms with Crippen molar-refractivity contribution < 1.29 is 0 Å². The molecule has 1 aliphatic carbocycles. The van der Waals surface area contributed by atoms with Gasteiger partial charge in [0.2, 0.25) is 0 Å². The summed E-state index contributed by atoms with van der Waals surface area (Å²) in [7, 11) is 0. The highest BCUT2D eigenvalue weighted by Gasteiger charge is 2.23. The largest absolute Gasteiger partial charge is 0.334 e.